The lowest BCUT2D eigenvalue weighted by atomic mass is 10.2. The number of hydrogen-bond donors (Lipinski definition) is 1. The minimum absolute atomic E-state index is 0.0547. The molecule has 4 rings (SSSR count). The van der Waals surface area contributed by atoms with Crippen molar-refractivity contribution in [1.29, 1.82) is 0 Å². The third-order valence-electron chi connectivity index (χ3n) is 4.43. The quantitative estimate of drug-likeness (QED) is 0.193. The number of rotatable bonds is 6. The van der Waals surface area contributed by atoms with Gasteiger partial charge in [-0.3, -0.25) is 14.2 Å². The van der Waals surface area contributed by atoms with Gasteiger partial charge in [-0.05, 0) is 60.3 Å². The smallest absolute Gasteiger partial charge is 0.266 e. The summed E-state index contributed by atoms with van der Waals surface area (Å²) in [6, 6.07) is 16.0. The molecule has 6 nitrogen and oxygen atoms in total. The normalized spacial score (nSPS) is 11.3. The van der Waals surface area contributed by atoms with Gasteiger partial charge in [-0.1, -0.05) is 35.5 Å². The van der Waals surface area contributed by atoms with Gasteiger partial charge in [0.2, 0.25) is 0 Å². The Labute approximate surface area is 191 Å². The van der Waals surface area contributed by atoms with Crippen LogP contribution in [0.3, 0.4) is 0 Å². The number of nitrogens with zero attached hydrogens (tertiary/aromatic N) is 3. The Kier molecular flexibility index (Phi) is 6.50. The number of para-hydroxylation sites is 1. The average Bonchev–Trinajstić information content (AvgIpc) is 3.18. The number of hydrogen-bond acceptors (Lipinski definition) is 6. The van der Waals surface area contributed by atoms with Crippen molar-refractivity contribution in [2.75, 3.05) is 5.75 Å². The number of thioether (sulfide) groups is 1. The lowest BCUT2D eigenvalue weighted by molar-refractivity contribution is -0.118. The molecule has 2 aromatic carbocycles. The van der Waals surface area contributed by atoms with E-state index in [1.165, 1.54) is 16.3 Å². The van der Waals surface area contributed by atoms with E-state index in [2.05, 4.69) is 15.5 Å². The highest BCUT2D eigenvalue weighted by molar-refractivity contribution is 7.99. The number of carbonyl (C=O) groups excluding carboxylic acids is 1. The topological polar surface area (TPSA) is 76.3 Å². The molecule has 1 N–H and O–H groups in total. The molecule has 0 radical (unpaired) electrons. The van der Waals surface area contributed by atoms with Gasteiger partial charge in [-0.2, -0.15) is 5.10 Å². The SMILES string of the molecule is Cc1ccsc1C=NNC(=O)CSc1nc2ccccc2c(=O)n1-c1ccc(Cl)cc1. The third kappa shape index (κ3) is 4.87. The van der Waals surface area contributed by atoms with Gasteiger partial charge < -0.3 is 0 Å². The summed E-state index contributed by atoms with van der Waals surface area (Å²) in [6.45, 7) is 1.98. The summed E-state index contributed by atoms with van der Waals surface area (Å²) in [5.41, 5.74) is 4.62. The van der Waals surface area contributed by atoms with Gasteiger partial charge in [0.15, 0.2) is 5.16 Å². The molecule has 0 atom stereocenters. The fourth-order valence-electron chi connectivity index (χ4n) is 2.87. The summed E-state index contributed by atoms with van der Waals surface area (Å²) in [5, 5.41) is 7.47. The minimum atomic E-state index is -0.291. The van der Waals surface area contributed by atoms with Crippen LogP contribution in [0.1, 0.15) is 10.4 Å². The molecule has 0 aliphatic heterocycles. The van der Waals surface area contributed by atoms with E-state index < -0.39 is 0 Å². The maximum atomic E-state index is 13.2. The molecule has 0 unspecified atom stereocenters. The van der Waals surface area contributed by atoms with E-state index in [4.69, 9.17) is 11.6 Å². The van der Waals surface area contributed by atoms with Crippen molar-refractivity contribution in [1.82, 2.24) is 15.0 Å². The molecule has 2 aromatic heterocycles. The molecule has 0 aliphatic rings. The molecule has 31 heavy (non-hydrogen) atoms. The molecule has 4 aromatic rings. The van der Waals surface area contributed by atoms with Crippen molar-refractivity contribution in [3.05, 3.63) is 85.8 Å². The van der Waals surface area contributed by atoms with Crippen molar-refractivity contribution in [3.63, 3.8) is 0 Å². The Morgan fingerprint density at radius 3 is 2.74 bits per heavy atom. The monoisotopic (exact) mass is 468 g/mol. The number of aryl methyl sites for hydroxylation is 1. The van der Waals surface area contributed by atoms with Crippen LogP contribution in [0.25, 0.3) is 16.6 Å². The third-order valence-corrected chi connectivity index (χ3v) is 6.58. The first kappa shape index (κ1) is 21.3. The molecule has 0 fully saturated rings. The van der Waals surface area contributed by atoms with Gasteiger partial charge in [-0.15, -0.1) is 11.3 Å². The van der Waals surface area contributed by atoms with Crippen LogP contribution in [0.4, 0.5) is 0 Å². The Balaban J connectivity index is 1.59. The van der Waals surface area contributed by atoms with Crippen LogP contribution in [0.5, 0.6) is 0 Å². The highest BCUT2D eigenvalue weighted by Crippen LogP contribution is 2.22. The van der Waals surface area contributed by atoms with Crippen molar-refractivity contribution in [2.24, 2.45) is 5.10 Å². The summed E-state index contributed by atoms with van der Waals surface area (Å²) in [5.74, 6) is -0.236. The first-order valence-corrected chi connectivity index (χ1v) is 11.5. The molecular formula is C22H17ClN4O2S2. The van der Waals surface area contributed by atoms with Gasteiger partial charge in [0.25, 0.3) is 11.5 Å². The standard InChI is InChI=1S/C22H17ClN4O2S2/c1-14-10-11-30-19(14)12-24-26-20(28)13-31-22-25-18-5-3-2-4-17(18)21(29)27(22)16-8-6-15(23)7-9-16/h2-12H,13H2,1H3,(H,26,28). The molecule has 0 saturated heterocycles. The van der Waals surface area contributed by atoms with Crippen LogP contribution in [-0.2, 0) is 4.79 Å². The predicted molar refractivity (Wildman–Crippen MR) is 128 cm³/mol. The van der Waals surface area contributed by atoms with E-state index in [0.717, 1.165) is 10.4 Å². The molecular weight excluding hydrogens is 452 g/mol. The largest absolute Gasteiger partial charge is 0.272 e. The second-order valence-corrected chi connectivity index (χ2v) is 8.90. The highest BCUT2D eigenvalue weighted by atomic mass is 35.5. The Hall–Kier alpha value is -2.94. The number of carbonyl (C=O) groups is 1. The van der Waals surface area contributed by atoms with E-state index >= 15 is 0 Å². The zero-order chi connectivity index (χ0) is 21.8. The van der Waals surface area contributed by atoms with Gasteiger partial charge in [0, 0.05) is 9.90 Å². The van der Waals surface area contributed by atoms with Crippen molar-refractivity contribution >= 4 is 57.7 Å². The molecule has 0 bridgehead atoms. The van der Waals surface area contributed by atoms with Crippen LogP contribution in [-0.4, -0.2) is 27.4 Å². The summed E-state index contributed by atoms with van der Waals surface area (Å²) >= 11 is 8.72. The molecule has 156 valence electrons. The molecule has 0 saturated carbocycles. The van der Waals surface area contributed by atoms with Crippen LogP contribution in [0.15, 0.2) is 75.0 Å². The zero-order valence-electron chi connectivity index (χ0n) is 16.4. The van der Waals surface area contributed by atoms with E-state index in [9.17, 15) is 9.59 Å². The second-order valence-electron chi connectivity index (χ2n) is 6.58. The molecule has 0 spiro atoms. The van der Waals surface area contributed by atoms with E-state index in [-0.39, 0.29) is 17.2 Å². The number of amides is 1. The summed E-state index contributed by atoms with van der Waals surface area (Å²) < 4.78 is 1.49. The van der Waals surface area contributed by atoms with Crippen molar-refractivity contribution < 1.29 is 4.79 Å². The number of nitrogens with one attached hydrogen (secondary N) is 1. The Morgan fingerprint density at radius 1 is 1.23 bits per heavy atom. The number of benzene rings is 2. The lowest BCUT2D eigenvalue weighted by Crippen LogP contribution is -2.24. The average molecular weight is 469 g/mol. The molecule has 2 heterocycles. The van der Waals surface area contributed by atoms with Crippen LogP contribution in [0.2, 0.25) is 5.02 Å². The van der Waals surface area contributed by atoms with E-state index in [1.54, 1.807) is 60.0 Å². The van der Waals surface area contributed by atoms with Crippen molar-refractivity contribution in [2.45, 2.75) is 12.1 Å². The number of thiophene rings is 1. The summed E-state index contributed by atoms with van der Waals surface area (Å²) in [7, 11) is 0. The van der Waals surface area contributed by atoms with Crippen LogP contribution in [0, 0.1) is 6.92 Å². The Morgan fingerprint density at radius 2 is 2.00 bits per heavy atom. The summed E-state index contributed by atoms with van der Waals surface area (Å²) in [6.07, 6.45) is 1.63. The van der Waals surface area contributed by atoms with Crippen molar-refractivity contribution in [3.8, 4) is 5.69 Å². The van der Waals surface area contributed by atoms with E-state index in [1.807, 2.05) is 24.4 Å². The maximum Gasteiger partial charge on any atom is 0.266 e. The fraction of sp³-hybridized carbons (Fsp3) is 0.0909. The molecule has 9 heteroatoms. The number of aromatic nitrogens is 2. The fourth-order valence-corrected chi connectivity index (χ4v) is 4.59. The van der Waals surface area contributed by atoms with Gasteiger partial charge in [-0.25, -0.2) is 10.4 Å². The predicted octanol–water partition coefficient (Wildman–Crippen LogP) is 4.65. The van der Waals surface area contributed by atoms with Gasteiger partial charge in [0.1, 0.15) is 0 Å². The Bertz CT molecular complexity index is 1330. The van der Waals surface area contributed by atoms with E-state index in [0.29, 0.717) is 26.8 Å². The maximum absolute atomic E-state index is 13.2. The number of halogens is 1. The minimum Gasteiger partial charge on any atom is -0.272 e. The highest BCUT2D eigenvalue weighted by Gasteiger charge is 2.14. The first-order valence-electron chi connectivity index (χ1n) is 9.29. The second kappa shape index (κ2) is 9.47. The number of fused-ring (bicyclic) bond motifs is 1. The van der Waals surface area contributed by atoms with Gasteiger partial charge in [0.05, 0.1) is 28.6 Å². The number of hydrazone groups is 1. The first-order chi connectivity index (χ1) is 15.0. The van der Waals surface area contributed by atoms with Gasteiger partial charge >= 0.3 is 0 Å². The van der Waals surface area contributed by atoms with Crippen LogP contribution >= 0.6 is 34.7 Å². The summed E-state index contributed by atoms with van der Waals surface area (Å²) in [4.78, 5) is 31.1. The lowest BCUT2D eigenvalue weighted by Gasteiger charge is -2.13. The zero-order valence-corrected chi connectivity index (χ0v) is 18.8. The van der Waals surface area contributed by atoms with Crippen LogP contribution < -0.4 is 11.0 Å². The molecule has 0 aliphatic carbocycles. The molecule has 1 amide bonds.